The van der Waals surface area contributed by atoms with Gasteiger partial charge in [0.25, 0.3) is 0 Å². The van der Waals surface area contributed by atoms with Gasteiger partial charge in [-0.15, -0.1) is 0 Å². The Kier molecular flexibility index (Phi) is 5.66. The van der Waals surface area contributed by atoms with Crippen LogP contribution in [0.3, 0.4) is 0 Å². The van der Waals surface area contributed by atoms with Crippen LogP contribution in [-0.4, -0.2) is 54.4 Å². The number of carbonyl (C=O) groups excluding carboxylic acids is 1. The summed E-state index contributed by atoms with van der Waals surface area (Å²) in [5, 5.41) is 6.71. The van der Waals surface area contributed by atoms with Crippen molar-refractivity contribution in [1.82, 2.24) is 20.4 Å². The molecule has 9 nitrogen and oxygen atoms in total. The van der Waals surface area contributed by atoms with Crippen LogP contribution in [0.15, 0.2) is 47.1 Å². The fraction of sp³-hybridized carbons (Fsp3) is 0.300. The zero-order valence-corrected chi connectivity index (χ0v) is 16.0. The second kappa shape index (κ2) is 8.70. The Balaban J connectivity index is 1.41. The summed E-state index contributed by atoms with van der Waals surface area (Å²) in [5.41, 5.74) is 1.67. The molecule has 1 fully saturated rings. The maximum atomic E-state index is 12.3. The Hall–Kier alpha value is -3.46. The van der Waals surface area contributed by atoms with E-state index in [1.165, 1.54) is 0 Å². The topological polar surface area (TPSA) is 103 Å². The molecule has 150 valence electrons. The molecule has 1 saturated heterocycles. The Morgan fingerprint density at radius 2 is 2.00 bits per heavy atom. The van der Waals surface area contributed by atoms with Crippen molar-refractivity contribution in [3.63, 3.8) is 0 Å². The van der Waals surface area contributed by atoms with Gasteiger partial charge in [-0.2, -0.15) is 4.98 Å². The van der Waals surface area contributed by atoms with Gasteiger partial charge in [0.1, 0.15) is 11.6 Å². The van der Waals surface area contributed by atoms with Crippen molar-refractivity contribution in [2.75, 3.05) is 38.3 Å². The van der Waals surface area contributed by atoms with Crippen molar-refractivity contribution >= 4 is 11.7 Å². The molecule has 3 aromatic rings. The van der Waals surface area contributed by atoms with Crippen molar-refractivity contribution in [2.24, 2.45) is 0 Å². The summed E-state index contributed by atoms with van der Waals surface area (Å²) in [7, 11) is 1.61. The van der Waals surface area contributed by atoms with Crippen LogP contribution in [0.4, 0.5) is 5.82 Å². The number of hydrogen-bond acceptors (Lipinski definition) is 8. The lowest BCUT2D eigenvalue weighted by atomic mass is 10.2. The number of ether oxygens (including phenoxy) is 2. The summed E-state index contributed by atoms with van der Waals surface area (Å²) in [6, 6.07) is 11.1. The van der Waals surface area contributed by atoms with Crippen LogP contribution in [-0.2, 0) is 11.3 Å². The summed E-state index contributed by atoms with van der Waals surface area (Å²) in [6.45, 7) is 3.25. The normalized spacial score (nSPS) is 13.9. The highest BCUT2D eigenvalue weighted by Gasteiger charge is 2.18. The molecule has 29 heavy (non-hydrogen) atoms. The van der Waals surface area contributed by atoms with Crippen molar-refractivity contribution in [2.45, 2.75) is 6.54 Å². The molecule has 3 heterocycles. The van der Waals surface area contributed by atoms with Crippen LogP contribution in [0.2, 0.25) is 0 Å². The van der Waals surface area contributed by atoms with Crippen LogP contribution < -0.4 is 15.0 Å². The first kappa shape index (κ1) is 18.9. The lowest BCUT2D eigenvalue weighted by molar-refractivity contribution is 0.0907. The first-order valence-electron chi connectivity index (χ1n) is 9.27. The van der Waals surface area contributed by atoms with E-state index in [1.54, 1.807) is 19.4 Å². The molecule has 2 aromatic heterocycles. The van der Waals surface area contributed by atoms with Gasteiger partial charge in [0.2, 0.25) is 5.82 Å². The Morgan fingerprint density at radius 1 is 1.21 bits per heavy atom. The van der Waals surface area contributed by atoms with Crippen molar-refractivity contribution in [3.05, 3.63) is 54.0 Å². The molecule has 0 atom stereocenters. The molecule has 1 aliphatic heterocycles. The second-order valence-corrected chi connectivity index (χ2v) is 6.46. The molecule has 1 aliphatic rings. The highest BCUT2D eigenvalue weighted by molar-refractivity contribution is 5.89. The predicted molar refractivity (Wildman–Crippen MR) is 105 cm³/mol. The van der Waals surface area contributed by atoms with Gasteiger partial charge in [-0.25, -0.2) is 4.98 Å². The maximum Gasteiger partial charge on any atom is 0.316 e. The number of hydrogen-bond donors (Lipinski definition) is 1. The number of amides is 1. The van der Waals surface area contributed by atoms with Crippen LogP contribution >= 0.6 is 0 Å². The number of pyridine rings is 1. The summed E-state index contributed by atoms with van der Waals surface area (Å²) in [5.74, 6) is 1.41. The first-order valence-corrected chi connectivity index (χ1v) is 9.27. The summed E-state index contributed by atoms with van der Waals surface area (Å²) in [4.78, 5) is 23.1. The molecule has 1 aromatic carbocycles. The van der Waals surface area contributed by atoms with Gasteiger partial charge < -0.3 is 24.2 Å². The average Bonchev–Trinajstić information content (AvgIpc) is 3.29. The highest BCUT2D eigenvalue weighted by atomic mass is 16.5. The minimum Gasteiger partial charge on any atom is -0.497 e. The van der Waals surface area contributed by atoms with Crippen molar-refractivity contribution in [1.29, 1.82) is 0 Å². The molecule has 4 rings (SSSR count). The van der Waals surface area contributed by atoms with Crippen LogP contribution in [0.1, 0.15) is 16.2 Å². The SMILES string of the molecule is COc1ccc(CNC(=O)c2nc(-c3ccnc(N4CCOCC4)c3)no2)cc1. The lowest BCUT2D eigenvalue weighted by Gasteiger charge is -2.27. The van der Waals surface area contributed by atoms with E-state index in [9.17, 15) is 4.79 Å². The zero-order chi connectivity index (χ0) is 20.1. The molecule has 9 heteroatoms. The summed E-state index contributed by atoms with van der Waals surface area (Å²) in [6.07, 6.45) is 1.69. The third-order valence-electron chi connectivity index (χ3n) is 4.57. The van der Waals surface area contributed by atoms with E-state index in [0.717, 1.165) is 35.8 Å². The van der Waals surface area contributed by atoms with E-state index in [0.29, 0.717) is 25.6 Å². The maximum absolute atomic E-state index is 12.3. The van der Waals surface area contributed by atoms with Gasteiger partial charge in [0.05, 0.1) is 20.3 Å². The van der Waals surface area contributed by atoms with E-state index in [4.69, 9.17) is 14.0 Å². The quantitative estimate of drug-likeness (QED) is 0.675. The van der Waals surface area contributed by atoms with Gasteiger partial charge in [-0.3, -0.25) is 4.79 Å². The van der Waals surface area contributed by atoms with E-state index >= 15 is 0 Å². The van der Waals surface area contributed by atoms with Gasteiger partial charge >= 0.3 is 11.8 Å². The fourth-order valence-corrected chi connectivity index (χ4v) is 2.96. The van der Waals surface area contributed by atoms with Crippen molar-refractivity contribution in [3.8, 4) is 17.1 Å². The number of carbonyl (C=O) groups is 1. The number of morpholine rings is 1. The van der Waals surface area contributed by atoms with Gasteiger partial charge in [-0.1, -0.05) is 17.3 Å². The first-order chi connectivity index (χ1) is 14.2. The lowest BCUT2D eigenvalue weighted by Crippen LogP contribution is -2.36. The Labute approximate surface area is 167 Å². The van der Waals surface area contributed by atoms with E-state index in [-0.39, 0.29) is 5.89 Å². The number of aromatic nitrogens is 3. The molecule has 0 saturated carbocycles. The van der Waals surface area contributed by atoms with Gasteiger partial charge in [0, 0.05) is 31.4 Å². The van der Waals surface area contributed by atoms with E-state index in [1.807, 2.05) is 30.3 Å². The molecule has 0 radical (unpaired) electrons. The average molecular weight is 395 g/mol. The van der Waals surface area contributed by atoms with E-state index in [2.05, 4.69) is 25.3 Å². The Bertz CT molecular complexity index is 967. The number of anilines is 1. The number of methoxy groups -OCH3 is 1. The fourth-order valence-electron chi connectivity index (χ4n) is 2.96. The van der Waals surface area contributed by atoms with E-state index < -0.39 is 5.91 Å². The van der Waals surface area contributed by atoms with Crippen LogP contribution in [0, 0.1) is 0 Å². The van der Waals surface area contributed by atoms with Gasteiger partial charge in [0.15, 0.2) is 0 Å². The standard InChI is InChI=1S/C20H21N5O4/c1-27-16-4-2-14(3-5-16)13-22-19(26)20-23-18(24-29-20)15-6-7-21-17(12-15)25-8-10-28-11-9-25/h2-7,12H,8-11,13H2,1H3,(H,22,26). The number of rotatable bonds is 6. The molecule has 0 bridgehead atoms. The van der Waals surface area contributed by atoms with Crippen LogP contribution in [0.5, 0.6) is 5.75 Å². The minimum atomic E-state index is -0.429. The number of nitrogens with one attached hydrogen (secondary N) is 1. The third-order valence-corrected chi connectivity index (χ3v) is 4.57. The highest BCUT2D eigenvalue weighted by Crippen LogP contribution is 2.21. The number of nitrogens with zero attached hydrogens (tertiary/aromatic N) is 4. The molecule has 1 amide bonds. The Morgan fingerprint density at radius 3 is 2.76 bits per heavy atom. The predicted octanol–water partition coefficient (Wildman–Crippen LogP) is 1.91. The molecular weight excluding hydrogens is 374 g/mol. The molecule has 0 unspecified atom stereocenters. The minimum absolute atomic E-state index is 0.0850. The monoisotopic (exact) mass is 395 g/mol. The molecule has 0 spiro atoms. The second-order valence-electron chi connectivity index (χ2n) is 6.46. The smallest absolute Gasteiger partial charge is 0.316 e. The molecular formula is C20H21N5O4. The summed E-state index contributed by atoms with van der Waals surface area (Å²) >= 11 is 0. The van der Waals surface area contributed by atoms with Crippen molar-refractivity contribution < 1.29 is 18.8 Å². The van der Waals surface area contributed by atoms with Crippen LogP contribution in [0.25, 0.3) is 11.4 Å². The molecule has 0 aliphatic carbocycles. The zero-order valence-electron chi connectivity index (χ0n) is 16.0. The largest absolute Gasteiger partial charge is 0.497 e. The summed E-state index contributed by atoms with van der Waals surface area (Å²) < 4.78 is 15.6. The third kappa shape index (κ3) is 4.52. The number of benzene rings is 1. The molecule has 1 N–H and O–H groups in total. The van der Waals surface area contributed by atoms with Gasteiger partial charge in [-0.05, 0) is 29.8 Å².